The first-order chi connectivity index (χ1) is 4.83. The highest BCUT2D eigenvalue weighted by Gasteiger charge is 2.43. The lowest BCUT2D eigenvalue weighted by molar-refractivity contribution is 0.132. The summed E-state index contributed by atoms with van der Waals surface area (Å²) in [6.45, 7) is 4.66. The largest absolute Gasteiger partial charge is 0.376 e. The molecule has 0 heterocycles. The molecule has 54 valence electrons. The SMILES string of the molecule is C=CCOCC1(C#N)CC1. The van der Waals surface area contributed by atoms with E-state index in [9.17, 15) is 0 Å². The molecule has 0 bridgehead atoms. The van der Waals surface area contributed by atoms with Gasteiger partial charge in [0.05, 0.1) is 24.7 Å². The number of nitrogens with zero attached hydrogens (tertiary/aromatic N) is 1. The van der Waals surface area contributed by atoms with Crippen molar-refractivity contribution in [3.05, 3.63) is 12.7 Å². The molecule has 0 aliphatic heterocycles. The van der Waals surface area contributed by atoms with Gasteiger partial charge in [-0.3, -0.25) is 0 Å². The molecule has 0 amide bonds. The van der Waals surface area contributed by atoms with Crippen molar-refractivity contribution in [2.24, 2.45) is 5.41 Å². The molecular formula is C8H11NO. The molecule has 0 spiro atoms. The van der Waals surface area contributed by atoms with E-state index in [2.05, 4.69) is 12.6 Å². The summed E-state index contributed by atoms with van der Waals surface area (Å²) in [5.74, 6) is 0. The highest BCUT2D eigenvalue weighted by Crippen LogP contribution is 2.44. The van der Waals surface area contributed by atoms with Gasteiger partial charge in [0.1, 0.15) is 0 Å². The van der Waals surface area contributed by atoms with E-state index in [1.807, 2.05) is 0 Å². The number of ether oxygens (including phenoxy) is 1. The Morgan fingerprint density at radius 1 is 1.70 bits per heavy atom. The Bertz CT molecular complexity index is 165. The summed E-state index contributed by atoms with van der Waals surface area (Å²) in [6, 6.07) is 2.25. The predicted molar refractivity (Wildman–Crippen MR) is 38.3 cm³/mol. The molecule has 1 rings (SSSR count). The summed E-state index contributed by atoms with van der Waals surface area (Å²) in [7, 11) is 0. The van der Waals surface area contributed by atoms with Crippen LogP contribution in [0.5, 0.6) is 0 Å². The van der Waals surface area contributed by atoms with Crippen molar-refractivity contribution in [2.75, 3.05) is 13.2 Å². The van der Waals surface area contributed by atoms with Gasteiger partial charge < -0.3 is 4.74 Å². The van der Waals surface area contributed by atoms with E-state index in [1.165, 1.54) is 0 Å². The highest BCUT2D eigenvalue weighted by atomic mass is 16.5. The molecule has 1 fully saturated rings. The highest BCUT2D eigenvalue weighted by molar-refractivity contribution is 5.09. The van der Waals surface area contributed by atoms with Gasteiger partial charge in [-0.1, -0.05) is 6.08 Å². The Balaban J connectivity index is 2.14. The van der Waals surface area contributed by atoms with E-state index in [4.69, 9.17) is 10.00 Å². The lowest BCUT2D eigenvalue weighted by Gasteiger charge is -2.03. The molecule has 1 aliphatic carbocycles. The van der Waals surface area contributed by atoms with E-state index in [-0.39, 0.29) is 5.41 Å². The molecule has 0 saturated heterocycles. The van der Waals surface area contributed by atoms with Gasteiger partial charge in [0.15, 0.2) is 0 Å². The summed E-state index contributed by atoms with van der Waals surface area (Å²) in [5, 5.41) is 8.60. The first-order valence-corrected chi connectivity index (χ1v) is 3.43. The molecule has 10 heavy (non-hydrogen) atoms. The fourth-order valence-corrected chi connectivity index (χ4v) is 0.777. The summed E-state index contributed by atoms with van der Waals surface area (Å²) in [6.07, 6.45) is 3.70. The number of rotatable bonds is 4. The second-order valence-electron chi connectivity index (χ2n) is 2.70. The molecule has 0 radical (unpaired) electrons. The smallest absolute Gasteiger partial charge is 0.0808 e. The zero-order valence-corrected chi connectivity index (χ0v) is 5.97. The second kappa shape index (κ2) is 2.85. The van der Waals surface area contributed by atoms with Gasteiger partial charge in [0.2, 0.25) is 0 Å². The Hall–Kier alpha value is -0.810. The second-order valence-corrected chi connectivity index (χ2v) is 2.70. The normalized spacial score (nSPS) is 19.5. The number of nitriles is 1. The molecule has 0 N–H and O–H groups in total. The zero-order valence-electron chi connectivity index (χ0n) is 5.97. The molecule has 1 saturated carbocycles. The minimum atomic E-state index is -0.122. The first kappa shape index (κ1) is 7.30. The van der Waals surface area contributed by atoms with Crippen molar-refractivity contribution >= 4 is 0 Å². The minimum Gasteiger partial charge on any atom is -0.376 e. The predicted octanol–water partition coefficient (Wildman–Crippen LogP) is 1.49. The maximum absolute atomic E-state index is 8.60. The first-order valence-electron chi connectivity index (χ1n) is 3.43. The molecule has 0 unspecified atom stereocenters. The fourth-order valence-electron chi connectivity index (χ4n) is 0.777. The average Bonchev–Trinajstić information content (AvgIpc) is 2.70. The Labute approximate surface area is 61.1 Å². The Kier molecular flexibility index (Phi) is 2.08. The van der Waals surface area contributed by atoms with E-state index >= 15 is 0 Å². The van der Waals surface area contributed by atoms with Crippen molar-refractivity contribution in [3.8, 4) is 6.07 Å². The lowest BCUT2D eigenvalue weighted by atomic mass is 10.1. The van der Waals surface area contributed by atoms with Crippen molar-refractivity contribution in [2.45, 2.75) is 12.8 Å². The minimum absolute atomic E-state index is 0.122. The molecule has 0 aromatic heterocycles. The third-order valence-electron chi connectivity index (χ3n) is 1.70. The molecule has 0 aromatic rings. The van der Waals surface area contributed by atoms with Crippen LogP contribution in [0.15, 0.2) is 12.7 Å². The quantitative estimate of drug-likeness (QED) is 0.434. The summed E-state index contributed by atoms with van der Waals surface area (Å²) < 4.78 is 5.16. The van der Waals surface area contributed by atoms with Crippen molar-refractivity contribution in [1.29, 1.82) is 5.26 Å². The maximum atomic E-state index is 8.60. The third-order valence-corrected chi connectivity index (χ3v) is 1.70. The van der Waals surface area contributed by atoms with Crippen LogP contribution in [0, 0.1) is 16.7 Å². The topological polar surface area (TPSA) is 33.0 Å². The van der Waals surface area contributed by atoms with E-state index in [1.54, 1.807) is 6.08 Å². The van der Waals surface area contributed by atoms with Crippen LogP contribution < -0.4 is 0 Å². The number of hydrogen-bond donors (Lipinski definition) is 0. The molecule has 0 aromatic carbocycles. The van der Waals surface area contributed by atoms with E-state index < -0.39 is 0 Å². The van der Waals surface area contributed by atoms with Gasteiger partial charge in [-0.05, 0) is 12.8 Å². The van der Waals surface area contributed by atoms with Gasteiger partial charge in [0, 0.05) is 0 Å². The fraction of sp³-hybridized carbons (Fsp3) is 0.625. The zero-order chi connectivity index (χ0) is 7.45. The monoisotopic (exact) mass is 137 g/mol. The van der Waals surface area contributed by atoms with E-state index in [0.717, 1.165) is 12.8 Å². The molecule has 2 heteroatoms. The van der Waals surface area contributed by atoms with Crippen molar-refractivity contribution in [3.63, 3.8) is 0 Å². The van der Waals surface area contributed by atoms with Crippen molar-refractivity contribution < 1.29 is 4.74 Å². The third kappa shape index (κ3) is 1.58. The Morgan fingerprint density at radius 2 is 2.40 bits per heavy atom. The van der Waals surface area contributed by atoms with Crippen molar-refractivity contribution in [1.82, 2.24) is 0 Å². The molecule has 1 aliphatic rings. The summed E-state index contributed by atoms with van der Waals surface area (Å²) in [5.41, 5.74) is -0.122. The summed E-state index contributed by atoms with van der Waals surface area (Å²) in [4.78, 5) is 0. The lowest BCUT2D eigenvalue weighted by Crippen LogP contribution is -2.07. The average molecular weight is 137 g/mol. The molecule has 0 atom stereocenters. The van der Waals surface area contributed by atoms with E-state index in [0.29, 0.717) is 13.2 Å². The van der Waals surface area contributed by atoms with Gasteiger partial charge >= 0.3 is 0 Å². The van der Waals surface area contributed by atoms with Gasteiger partial charge in [-0.25, -0.2) is 0 Å². The standard InChI is InChI=1S/C8H11NO/c1-2-5-10-7-8(6-9)3-4-8/h2H,1,3-5,7H2. The maximum Gasteiger partial charge on any atom is 0.0808 e. The number of hydrogen-bond acceptors (Lipinski definition) is 2. The van der Waals surface area contributed by atoms with Gasteiger partial charge in [-0.15, -0.1) is 6.58 Å². The van der Waals surface area contributed by atoms with Crippen LogP contribution in [0.1, 0.15) is 12.8 Å². The van der Waals surface area contributed by atoms with Crippen LogP contribution in [0.3, 0.4) is 0 Å². The molecular weight excluding hydrogens is 126 g/mol. The van der Waals surface area contributed by atoms with Crippen LogP contribution in [0.4, 0.5) is 0 Å². The molecule has 2 nitrogen and oxygen atoms in total. The summed E-state index contributed by atoms with van der Waals surface area (Å²) >= 11 is 0. The van der Waals surface area contributed by atoms with Crippen LogP contribution in [-0.4, -0.2) is 13.2 Å². The Morgan fingerprint density at radius 3 is 2.80 bits per heavy atom. The van der Waals surface area contributed by atoms with Gasteiger partial charge in [-0.2, -0.15) is 5.26 Å². The van der Waals surface area contributed by atoms with Gasteiger partial charge in [0.25, 0.3) is 0 Å². The van der Waals surface area contributed by atoms with Crippen LogP contribution in [0.25, 0.3) is 0 Å². The van der Waals surface area contributed by atoms with Crippen LogP contribution in [-0.2, 0) is 4.74 Å². The van der Waals surface area contributed by atoms with Crippen LogP contribution >= 0.6 is 0 Å². The van der Waals surface area contributed by atoms with Crippen LogP contribution in [0.2, 0.25) is 0 Å².